The molecule has 8 heteroatoms. The van der Waals surface area contributed by atoms with Crippen LogP contribution in [0.2, 0.25) is 0 Å². The maximum Gasteiger partial charge on any atom is 0.309 e. The maximum absolute atomic E-state index is 13.0. The first-order chi connectivity index (χ1) is 13.9. The van der Waals surface area contributed by atoms with Crippen LogP contribution in [0.15, 0.2) is 29.2 Å². The Kier molecular flexibility index (Phi) is 7.29. The third-order valence-corrected chi connectivity index (χ3v) is 7.58. The van der Waals surface area contributed by atoms with Crippen LogP contribution >= 0.6 is 0 Å². The van der Waals surface area contributed by atoms with E-state index in [1.807, 2.05) is 0 Å². The van der Waals surface area contributed by atoms with E-state index in [9.17, 15) is 18.0 Å². The van der Waals surface area contributed by atoms with Crippen LogP contribution in [0.4, 0.5) is 0 Å². The van der Waals surface area contributed by atoms with Gasteiger partial charge in [0.1, 0.15) is 0 Å². The van der Waals surface area contributed by atoms with Crippen LogP contribution in [0.5, 0.6) is 0 Å². The minimum atomic E-state index is -3.60. The second-order valence-corrected chi connectivity index (χ2v) is 9.60. The van der Waals surface area contributed by atoms with Gasteiger partial charge in [0.25, 0.3) is 5.91 Å². The molecule has 0 aromatic heterocycles. The average Bonchev–Trinajstić information content (AvgIpc) is 3.04. The molecule has 0 spiro atoms. The van der Waals surface area contributed by atoms with E-state index < -0.39 is 10.0 Å². The largest absolute Gasteiger partial charge is 0.466 e. The van der Waals surface area contributed by atoms with Crippen molar-refractivity contribution in [3.05, 3.63) is 29.8 Å². The molecule has 0 unspecified atom stereocenters. The molecular formula is C21H30N2O5S. The third kappa shape index (κ3) is 5.17. The second-order valence-electron chi connectivity index (χ2n) is 7.66. The van der Waals surface area contributed by atoms with Crippen molar-refractivity contribution in [2.24, 2.45) is 5.92 Å². The third-order valence-electron chi connectivity index (χ3n) is 5.69. The number of amides is 1. The molecular weight excluding hydrogens is 392 g/mol. The predicted molar refractivity (Wildman–Crippen MR) is 109 cm³/mol. The summed E-state index contributed by atoms with van der Waals surface area (Å²) >= 11 is 0. The summed E-state index contributed by atoms with van der Waals surface area (Å²) in [4.78, 5) is 26.7. The fourth-order valence-corrected chi connectivity index (χ4v) is 5.55. The summed E-state index contributed by atoms with van der Waals surface area (Å²) in [7, 11) is -3.60. The second kappa shape index (κ2) is 9.71. The fourth-order valence-electron chi connectivity index (χ4n) is 3.98. The van der Waals surface area contributed by atoms with Crippen LogP contribution in [-0.4, -0.2) is 62.3 Å². The number of hydrogen-bond acceptors (Lipinski definition) is 5. The van der Waals surface area contributed by atoms with Gasteiger partial charge in [0.15, 0.2) is 0 Å². The van der Waals surface area contributed by atoms with Crippen molar-refractivity contribution >= 4 is 21.9 Å². The number of nitrogens with zero attached hydrogens (tertiary/aromatic N) is 2. The van der Waals surface area contributed by atoms with Gasteiger partial charge in [-0.2, -0.15) is 4.31 Å². The lowest BCUT2D eigenvalue weighted by molar-refractivity contribution is -0.149. The maximum atomic E-state index is 13.0. The lowest BCUT2D eigenvalue weighted by atomic mass is 9.96. The highest BCUT2D eigenvalue weighted by Gasteiger charge is 2.30. The molecule has 0 aliphatic carbocycles. The number of likely N-dealkylation sites (tertiary alicyclic amines) is 1. The molecule has 0 atom stereocenters. The van der Waals surface area contributed by atoms with E-state index in [0.717, 1.165) is 25.7 Å². The molecule has 2 aliphatic heterocycles. The quantitative estimate of drug-likeness (QED) is 0.681. The highest BCUT2D eigenvalue weighted by molar-refractivity contribution is 7.89. The van der Waals surface area contributed by atoms with Crippen LogP contribution in [0.3, 0.4) is 0 Å². The zero-order chi connectivity index (χ0) is 20.9. The Labute approximate surface area is 173 Å². The number of hydrogen-bond donors (Lipinski definition) is 0. The Morgan fingerprint density at radius 3 is 2.31 bits per heavy atom. The number of rotatable bonds is 5. The van der Waals surface area contributed by atoms with Crippen molar-refractivity contribution in [2.45, 2.75) is 50.3 Å². The van der Waals surface area contributed by atoms with Gasteiger partial charge in [-0.1, -0.05) is 18.9 Å². The molecule has 1 aromatic carbocycles. The smallest absolute Gasteiger partial charge is 0.309 e. The summed E-state index contributed by atoms with van der Waals surface area (Å²) in [5.41, 5.74) is 0.371. The minimum Gasteiger partial charge on any atom is -0.466 e. The van der Waals surface area contributed by atoms with Gasteiger partial charge in [-0.15, -0.1) is 0 Å². The van der Waals surface area contributed by atoms with Crippen LogP contribution in [-0.2, 0) is 19.6 Å². The summed E-state index contributed by atoms with van der Waals surface area (Å²) in [6.45, 7) is 4.13. The van der Waals surface area contributed by atoms with Crippen molar-refractivity contribution in [3.8, 4) is 0 Å². The Bertz CT molecular complexity index is 823. The van der Waals surface area contributed by atoms with Gasteiger partial charge in [0, 0.05) is 31.7 Å². The summed E-state index contributed by atoms with van der Waals surface area (Å²) in [6.07, 6.45) is 4.96. The molecule has 3 rings (SSSR count). The van der Waals surface area contributed by atoms with Crippen LogP contribution < -0.4 is 0 Å². The molecule has 2 heterocycles. The summed E-state index contributed by atoms with van der Waals surface area (Å²) in [6, 6.07) is 6.33. The van der Waals surface area contributed by atoms with Crippen molar-refractivity contribution in [1.82, 2.24) is 9.21 Å². The van der Waals surface area contributed by atoms with Crippen molar-refractivity contribution in [1.29, 1.82) is 0 Å². The first-order valence-corrected chi connectivity index (χ1v) is 11.9. The summed E-state index contributed by atoms with van der Waals surface area (Å²) < 4.78 is 32.6. The minimum absolute atomic E-state index is 0.172. The van der Waals surface area contributed by atoms with E-state index in [1.165, 1.54) is 10.4 Å². The lowest BCUT2D eigenvalue weighted by Gasteiger charge is -2.31. The number of carbonyl (C=O) groups excluding carboxylic acids is 2. The number of piperidine rings is 1. The molecule has 2 saturated heterocycles. The van der Waals surface area contributed by atoms with Crippen LogP contribution in [0.1, 0.15) is 55.8 Å². The van der Waals surface area contributed by atoms with Gasteiger partial charge in [0.05, 0.1) is 17.4 Å². The summed E-state index contributed by atoms with van der Waals surface area (Å²) in [5, 5.41) is 0. The molecule has 1 aromatic rings. The highest BCUT2D eigenvalue weighted by atomic mass is 32.2. The molecule has 0 saturated carbocycles. The van der Waals surface area contributed by atoms with Crippen LogP contribution in [0, 0.1) is 5.92 Å². The molecule has 7 nitrogen and oxygen atoms in total. The molecule has 0 radical (unpaired) electrons. The Morgan fingerprint density at radius 1 is 1.03 bits per heavy atom. The first kappa shape index (κ1) is 21.8. The van der Waals surface area contributed by atoms with Gasteiger partial charge >= 0.3 is 5.97 Å². The van der Waals surface area contributed by atoms with Gasteiger partial charge in [-0.05, 0) is 50.8 Å². The van der Waals surface area contributed by atoms with Gasteiger partial charge in [0.2, 0.25) is 10.0 Å². The van der Waals surface area contributed by atoms with E-state index in [4.69, 9.17) is 4.74 Å². The standard InChI is InChI=1S/C21H30N2O5S/c1-2-28-21(25)17-10-14-22(15-11-17)20(24)18-8-7-9-19(16-18)29(26,27)23-12-5-3-4-6-13-23/h7-9,16-17H,2-6,10-15H2,1H3. The fraction of sp³-hybridized carbons (Fsp3) is 0.619. The Morgan fingerprint density at radius 2 is 1.69 bits per heavy atom. The lowest BCUT2D eigenvalue weighted by Crippen LogP contribution is -2.40. The molecule has 2 aliphatic rings. The van der Waals surface area contributed by atoms with Gasteiger partial charge in [-0.3, -0.25) is 9.59 Å². The monoisotopic (exact) mass is 422 g/mol. The van der Waals surface area contributed by atoms with E-state index >= 15 is 0 Å². The molecule has 2 fully saturated rings. The van der Waals surface area contributed by atoms with E-state index in [1.54, 1.807) is 30.0 Å². The topological polar surface area (TPSA) is 84.0 Å². The zero-order valence-corrected chi connectivity index (χ0v) is 17.8. The average molecular weight is 423 g/mol. The number of benzene rings is 1. The van der Waals surface area contributed by atoms with E-state index in [-0.39, 0.29) is 22.7 Å². The Hall–Kier alpha value is -1.93. The number of ether oxygens (including phenoxy) is 1. The van der Waals surface area contributed by atoms with Gasteiger partial charge < -0.3 is 9.64 Å². The highest BCUT2D eigenvalue weighted by Crippen LogP contribution is 2.24. The number of sulfonamides is 1. The zero-order valence-electron chi connectivity index (χ0n) is 17.0. The Balaban J connectivity index is 1.69. The SMILES string of the molecule is CCOC(=O)C1CCN(C(=O)c2cccc(S(=O)(=O)N3CCCCCC3)c2)CC1. The first-order valence-electron chi connectivity index (χ1n) is 10.5. The van der Waals surface area contributed by atoms with Gasteiger partial charge in [-0.25, -0.2) is 8.42 Å². The van der Waals surface area contributed by atoms with E-state index in [0.29, 0.717) is 51.2 Å². The molecule has 29 heavy (non-hydrogen) atoms. The van der Waals surface area contributed by atoms with Crippen LogP contribution in [0.25, 0.3) is 0 Å². The summed E-state index contributed by atoms with van der Waals surface area (Å²) in [5.74, 6) is -0.570. The molecule has 0 bridgehead atoms. The predicted octanol–water partition coefficient (Wildman–Crippen LogP) is 2.67. The van der Waals surface area contributed by atoms with Crippen molar-refractivity contribution < 1.29 is 22.7 Å². The molecule has 160 valence electrons. The molecule has 1 amide bonds. The number of esters is 1. The van der Waals surface area contributed by atoms with E-state index in [2.05, 4.69) is 0 Å². The van der Waals surface area contributed by atoms with Crippen molar-refractivity contribution in [2.75, 3.05) is 32.8 Å². The normalized spacial score (nSPS) is 19.6. The molecule has 0 N–H and O–H groups in total. The number of carbonyl (C=O) groups is 2. The van der Waals surface area contributed by atoms with Crippen molar-refractivity contribution in [3.63, 3.8) is 0 Å².